The number of aliphatic hydroxyl groups is 1. The smallest absolute Gasteiger partial charge is 0.131 e. The highest BCUT2D eigenvalue weighted by Crippen LogP contribution is 2.25. The van der Waals surface area contributed by atoms with E-state index >= 15 is 0 Å². The summed E-state index contributed by atoms with van der Waals surface area (Å²) in [5.41, 5.74) is 0. The number of hydrogen-bond acceptors (Lipinski definition) is 4. The predicted octanol–water partition coefficient (Wildman–Crippen LogP) is 2.57. The topological polar surface area (TPSA) is 50.1 Å². The minimum absolute atomic E-state index is 0.128. The Hall–Kier alpha value is -1.17. The molecule has 2 unspecified atom stereocenters. The molecule has 0 spiro atoms. The van der Waals surface area contributed by atoms with Crippen LogP contribution < -0.4 is 5.32 Å². The van der Waals surface area contributed by atoms with E-state index in [9.17, 15) is 0 Å². The summed E-state index contributed by atoms with van der Waals surface area (Å²) < 4.78 is 2.06. The van der Waals surface area contributed by atoms with Crippen molar-refractivity contribution < 1.29 is 5.11 Å². The lowest BCUT2D eigenvalue weighted by molar-refractivity contribution is 0.249. The fraction of sp³-hybridized carbons (Fsp3) is 0.533. The fourth-order valence-electron chi connectivity index (χ4n) is 2.35. The van der Waals surface area contributed by atoms with Gasteiger partial charge in [0.25, 0.3) is 0 Å². The molecule has 0 aromatic carbocycles. The second kappa shape index (κ2) is 7.57. The quantitative estimate of drug-likeness (QED) is 0.786. The van der Waals surface area contributed by atoms with Crippen LogP contribution >= 0.6 is 11.3 Å². The molecule has 0 aliphatic heterocycles. The van der Waals surface area contributed by atoms with Crippen molar-refractivity contribution in [1.29, 1.82) is 0 Å². The molecule has 2 N–H and O–H groups in total. The Balaban J connectivity index is 2.10. The second-order valence-corrected chi connectivity index (χ2v) is 6.02. The van der Waals surface area contributed by atoms with Crippen LogP contribution in [0.15, 0.2) is 29.9 Å². The van der Waals surface area contributed by atoms with Crippen molar-refractivity contribution in [3.05, 3.63) is 40.6 Å². The molecular formula is C15H23N3OS. The van der Waals surface area contributed by atoms with Crippen LogP contribution in [0.25, 0.3) is 0 Å². The van der Waals surface area contributed by atoms with Crippen LogP contribution in [0, 0.1) is 5.92 Å². The molecule has 5 heteroatoms. The van der Waals surface area contributed by atoms with E-state index in [1.54, 1.807) is 11.3 Å². The predicted molar refractivity (Wildman–Crippen MR) is 82.9 cm³/mol. The molecular weight excluding hydrogens is 270 g/mol. The first-order valence-electron chi connectivity index (χ1n) is 7.11. The van der Waals surface area contributed by atoms with Gasteiger partial charge in [-0.25, -0.2) is 4.98 Å². The third kappa shape index (κ3) is 3.69. The van der Waals surface area contributed by atoms with Crippen LogP contribution in [-0.4, -0.2) is 27.8 Å². The average molecular weight is 293 g/mol. The minimum Gasteiger partial charge on any atom is -0.396 e. The van der Waals surface area contributed by atoms with Gasteiger partial charge in [0.2, 0.25) is 0 Å². The van der Waals surface area contributed by atoms with Crippen LogP contribution in [0.1, 0.15) is 36.5 Å². The maximum Gasteiger partial charge on any atom is 0.131 e. The number of thiophene rings is 1. The molecule has 2 atom stereocenters. The number of hydrogen-bond donors (Lipinski definition) is 2. The molecule has 0 amide bonds. The minimum atomic E-state index is 0.128. The Labute approximate surface area is 124 Å². The van der Waals surface area contributed by atoms with Gasteiger partial charge in [0.05, 0.1) is 0 Å². The van der Waals surface area contributed by atoms with E-state index in [1.165, 1.54) is 4.88 Å². The molecule has 2 aromatic rings. The summed E-state index contributed by atoms with van der Waals surface area (Å²) >= 11 is 1.75. The normalized spacial score (nSPS) is 14.3. The summed E-state index contributed by atoms with van der Waals surface area (Å²) in [6, 6.07) is 4.34. The lowest BCUT2D eigenvalue weighted by Gasteiger charge is -2.21. The Kier molecular flexibility index (Phi) is 5.76. The molecule has 0 radical (unpaired) electrons. The van der Waals surface area contributed by atoms with Crippen LogP contribution in [0.2, 0.25) is 0 Å². The molecule has 0 fully saturated rings. The molecule has 110 valence electrons. The van der Waals surface area contributed by atoms with E-state index in [0.717, 1.165) is 25.2 Å². The molecule has 2 rings (SSSR count). The van der Waals surface area contributed by atoms with E-state index < -0.39 is 0 Å². The first kappa shape index (κ1) is 15.2. The van der Waals surface area contributed by atoms with Gasteiger partial charge >= 0.3 is 0 Å². The van der Waals surface area contributed by atoms with Crippen LogP contribution in [0.5, 0.6) is 0 Å². The summed E-state index contributed by atoms with van der Waals surface area (Å²) in [6.45, 7) is 3.32. The van der Waals surface area contributed by atoms with Crippen LogP contribution in [-0.2, 0) is 7.05 Å². The van der Waals surface area contributed by atoms with Crippen molar-refractivity contribution >= 4 is 11.3 Å². The standard InChI is InChI=1S/C15H23N3OS/c1-3-12(6-9-19)11-17-14(13-5-4-10-20-13)15-16-7-8-18(15)2/h4-5,7-8,10,12,14,17,19H,3,6,9,11H2,1-2H3. The number of imidazole rings is 1. The summed E-state index contributed by atoms with van der Waals surface area (Å²) in [5.74, 6) is 1.54. The van der Waals surface area contributed by atoms with Crippen molar-refractivity contribution in [2.45, 2.75) is 25.8 Å². The van der Waals surface area contributed by atoms with E-state index in [4.69, 9.17) is 5.11 Å². The van der Waals surface area contributed by atoms with Crippen molar-refractivity contribution in [2.24, 2.45) is 13.0 Å². The highest BCUT2D eigenvalue weighted by molar-refractivity contribution is 7.10. The first-order chi connectivity index (χ1) is 9.76. The highest BCUT2D eigenvalue weighted by Gasteiger charge is 2.20. The molecule has 0 aliphatic rings. The van der Waals surface area contributed by atoms with Gasteiger partial charge < -0.3 is 15.0 Å². The molecule has 20 heavy (non-hydrogen) atoms. The monoisotopic (exact) mass is 293 g/mol. The highest BCUT2D eigenvalue weighted by atomic mass is 32.1. The third-order valence-corrected chi connectivity index (χ3v) is 4.61. The zero-order valence-corrected chi connectivity index (χ0v) is 12.9. The van der Waals surface area contributed by atoms with Crippen LogP contribution in [0.4, 0.5) is 0 Å². The van der Waals surface area contributed by atoms with Gasteiger partial charge in [-0.2, -0.15) is 0 Å². The number of rotatable bonds is 8. The molecule has 2 heterocycles. The Morgan fingerprint density at radius 1 is 1.50 bits per heavy atom. The maximum absolute atomic E-state index is 9.10. The molecule has 2 aromatic heterocycles. The summed E-state index contributed by atoms with van der Waals surface area (Å²) in [4.78, 5) is 5.76. The van der Waals surface area contributed by atoms with Crippen molar-refractivity contribution in [3.63, 3.8) is 0 Å². The van der Waals surface area contributed by atoms with E-state index in [0.29, 0.717) is 5.92 Å². The van der Waals surface area contributed by atoms with Gasteiger partial charge in [0.15, 0.2) is 0 Å². The Morgan fingerprint density at radius 3 is 2.90 bits per heavy atom. The average Bonchev–Trinajstić information content (AvgIpc) is 3.10. The van der Waals surface area contributed by atoms with Crippen molar-refractivity contribution in [1.82, 2.24) is 14.9 Å². The SMILES string of the molecule is CCC(CCO)CNC(c1cccs1)c1nccn1C. The summed E-state index contributed by atoms with van der Waals surface area (Å²) in [7, 11) is 2.02. The zero-order valence-electron chi connectivity index (χ0n) is 12.1. The fourth-order valence-corrected chi connectivity index (χ4v) is 3.14. The lowest BCUT2D eigenvalue weighted by Crippen LogP contribution is -2.29. The van der Waals surface area contributed by atoms with Gasteiger partial charge in [0.1, 0.15) is 11.9 Å². The summed E-state index contributed by atoms with van der Waals surface area (Å²) in [5, 5.41) is 14.8. The molecule has 0 bridgehead atoms. The molecule has 0 saturated carbocycles. The van der Waals surface area contributed by atoms with Gasteiger partial charge in [-0.05, 0) is 30.3 Å². The third-order valence-electron chi connectivity index (χ3n) is 3.67. The number of nitrogens with one attached hydrogen (secondary N) is 1. The maximum atomic E-state index is 9.10. The zero-order chi connectivity index (χ0) is 14.4. The number of nitrogens with zero attached hydrogens (tertiary/aromatic N) is 2. The number of aromatic nitrogens is 2. The number of aliphatic hydroxyl groups excluding tert-OH is 1. The largest absolute Gasteiger partial charge is 0.396 e. The van der Waals surface area contributed by atoms with Gasteiger partial charge in [-0.3, -0.25) is 0 Å². The Bertz CT molecular complexity index is 495. The van der Waals surface area contributed by atoms with Gasteiger partial charge in [0, 0.05) is 30.9 Å². The van der Waals surface area contributed by atoms with E-state index in [-0.39, 0.29) is 12.6 Å². The van der Waals surface area contributed by atoms with E-state index in [2.05, 4.69) is 39.3 Å². The molecule has 4 nitrogen and oxygen atoms in total. The first-order valence-corrected chi connectivity index (χ1v) is 7.99. The molecule has 0 saturated heterocycles. The van der Waals surface area contributed by atoms with Gasteiger partial charge in [-0.1, -0.05) is 19.4 Å². The van der Waals surface area contributed by atoms with Crippen molar-refractivity contribution in [2.75, 3.05) is 13.2 Å². The summed E-state index contributed by atoms with van der Waals surface area (Å²) in [6.07, 6.45) is 5.73. The lowest BCUT2D eigenvalue weighted by atomic mass is 10.0. The van der Waals surface area contributed by atoms with Crippen molar-refractivity contribution in [3.8, 4) is 0 Å². The molecule has 0 aliphatic carbocycles. The number of aryl methyl sites for hydroxylation is 1. The van der Waals surface area contributed by atoms with Gasteiger partial charge in [-0.15, -0.1) is 11.3 Å². The van der Waals surface area contributed by atoms with Crippen LogP contribution in [0.3, 0.4) is 0 Å². The second-order valence-electron chi connectivity index (χ2n) is 5.04. The Morgan fingerprint density at radius 2 is 2.35 bits per heavy atom. The van der Waals surface area contributed by atoms with E-state index in [1.807, 2.05) is 19.4 Å².